The van der Waals surface area contributed by atoms with Gasteiger partial charge in [-0.1, -0.05) is 82.3 Å². The van der Waals surface area contributed by atoms with Crippen LogP contribution >= 0.6 is 0 Å². The molecule has 0 atom stereocenters. The predicted molar refractivity (Wildman–Crippen MR) is 148 cm³/mol. The Hall–Kier alpha value is -3.26. The smallest absolute Gasteiger partial charge is 0.131 e. The van der Waals surface area contributed by atoms with E-state index >= 15 is 0 Å². The lowest BCUT2D eigenvalue weighted by molar-refractivity contribution is 0.0645. The van der Waals surface area contributed by atoms with E-state index in [0.29, 0.717) is 12.4 Å². The van der Waals surface area contributed by atoms with Gasteiger partial charge in [-0.2, -0.15) is 0 Å². The van der Waals surface area contributed by atoms with Gasteiger partial charge in [0.1, 0.15) is 11.5 Å². The Morgan fingerprint density at radius 1 is 0.750 bits per heavy atom. The second-order valence-electron chi connectivity index (χ2n) is 12.9. The summed E-state index contributed by atoms with van der Waals surface area (Å²) in [5, 5.41) is 13.8. The molecule has 0 unspecified atom stereocenters. The molecule has 1 fully saturated rings. The lowest BCUT2D eigenvalue weighted by Gasteiger charge is -2.51. The summed E-state index contributed by atoms with van der Waals surface area (Å²) >= 11 is 0. The molecule has 2 heteroatoms. The second kappa shape index (κ2) is 7.16. The van der Waals surface area contributed by atoms with Gasteiger partial charge in [0.25, 0.3) is 0 Å². The summed E-state index contributed by atoms with van der Waals surface area (Å²) < 4.78 is 6.30. The highest BCUT2D eigenvalue weighted by Gasteiger charge is 2.54. The number of rotatable bonds is 1. The van der Waals surface area contributed by atoms with Crippen LogP contribution in [0, 0.1) is 10.8 Å². The van der Waals surface area contributed by atoms with Crippen molar-refractivity contribution in [2.75, 3.05) is 6.61 Å². The molecule has 1 aliphatic heterocycles. The standard InChI is InChI=1S/C34H34O2/c1-32(2)18-33(3,4)20-34(19-32)26-13-9-8-12-22(26)30-27(34)17-28(35)25-16-24(21-10-6-5-7-11-21)31-23(29(25)30)14-15-36-31/h5-13,16-17,35H,14-15,18-20H2,1-4H3. The Morgan fingerprint density at radius 3 is 2.19 bits per heavy atom. The zero-order valence-electron chi connectivity index (χ0n) is 21.7. The lowest BCUT2D eigenvalue weighted by Crippen LogP contribution is -2.43. The van der Waals surface area contributed by atoms with Crippen LogP contribution in [0.2, 0.25) is 0 Å². The van der Waals surface area contributed by atoms with Gasteiger partial charge in [0, 0.05) is 33.7 Å². The molecule has 4 aromatic carbocycles. The normalized spacial score (nSPS) is 20.1. The summed E-state index contributed by atoms with van der Waals surface area (Å²) in [6.45, 7) is 10.4. The molecule has 3 aliphatic rings. The fraction of sp³-hybridized carbons (Fsp3) is 0.353. The van der Waals surface area contributed by atoms with Gasteiger partial charge in [-0.15, -0.1) is 0 Å². The van der Waals surface area contributed by atoms with Gasteiger partial charge in [0.15, 0.2) is 0 Å². The fourth-order valence-electron chi connectivity index (χ4n) is 8.54. The minimum Gasteiger partial charge on any atom is -0.507 e. The largest absolute Gasteiger partial charge is 0.507 e. The van der Waals surface area contributed by atoms with E-state index in [1.807, 2.05) is 6.07 Å². The van der Waals surface area contributed by atoms with Crippen LogP contribution in [0.4, 0.5) is 0 Å². The first-order valence-electron chi connectivity index (χ1n) is 13.3. The number of benzene rings is 4. The van der Waals surface area contributed by atoms with E-state index in [1.54, 1.807) is 0 Å². The maximum Gasteiger partial charge on any atom is 0.131 e. The fourth-order valence-corrected chi connectivity index (χ4v) is 8.54. The Labute approximate surface area is 213 Å². The van der Waals surface area contributed by atoms with Crippen molar-refractivity contribution in [2.45, 2.75) is 58.8 Å². The third kappa shape index (κ3) is 2.97. The van der Waals surface area contributed by atoms with Crippen molar-refractivity contribution in [3.63, 3.8) is 0 Å². The van der Waals surface area contributed by atoms with Gasteiger partial charge >= 0.3 is 0 Å². The average molecular weight is 475 g/mol. The number of phenolic OH excluding ortho intramolecular Hbond substituents is 1. The minimum atomic E-state index is -0.0900. The minimum absolute atomic E-state index is 0.0900. The number of hydrogen-bond acceptors (Lipinski definition) is 2. The molecule has 0 saturated heterocycles. The molecule has 1 saturated carbocycles. The predicted octanol–water partition coefficient (Wildman–Crippen LogP) is 8.65. The molecule has 1 spiro atoms. The monoisotopic (exact) mass is 474 g/mol. The van der Waals surface area contributed by atoms with Crippen LogP contribution < -0.4 is 4.74 Å². The van der Waals surface area contributed by atoms with E-state index in [9.17, 15) is 5.11 Å². The van der Waals surface area contributed by atoms with E-state index in [0.717, 1.165) is 41.5 Å². The van der Waals surface area contributed by atoms with Crippen LogP contribution in [0.25, 0.3) is 33.0 Å². The number of aromatic hydroxyl groups is 1. The van der Waals surface area contributed by atoms with Crippen molar-refractivity contribution in [1.29, 1.82) is 0 Å². The van der Waals surface area contributed by atoms with Crippen LogP contribution in [0.5, 0.6) is 11.5 Å². The summed E-state index contributed by atoms with van der Waals surface area (Å²) in [6, 6.07) is 23.7. The molecule has 0 amide bonds. The molecule has 4 aromatic rings. The van der Waals surface area contributed by atoms with Gasteiger partial charge in [-0.05, 0) is 70.0 Å². The molecule has 182 valence electrons. The summed E-state index contributed by atoms with van der Waals surface area (Å²) in [4.78, 5) is 0. The van der Waals surface area contributed by atoms with Crippen LogP contribution in [0.15, 0.2) is 66.7 Å². The first-order chi connectivity index (χ1) is 17.2. The summed E-state index contributed by atoms with van der Waals surface area (Å²) in [5.41, 5.74) is 9.21. The summed E-state index contributed by atoms with van der Waals surface area (Å²) in [5.74, 6) is 1.38. The van der Waals surface area contributed by atoms with Crippen molar-refractivity contribution in [3.8, 4) is 33.8 Å². The topological polar surface area (TPSA) is 29.5 Å². The Kier molecular flexibility index (Phi) is 4.37. The maximum atomic E-state index is 11.7. The summed E-state index contributed by atoms with van der Waals surface area (Å²) in [6.07, 6.45) is 4.27. The number of hydrogen-bond donors (Lipinski definition) is 1. The van der Waals surface area contributed by atoms with Crippen LogP contribution in [0.1, 0.15) is 63.6 Å². The molecule has 0 bridgehead atoms. The zero-order chi connectivity index (χ0) is 24.9. The highest BCUT2D eigenvalue weighted by Crippen LogP contribution is 2.65. The molecular formula is C34H34O2. The van der Waals surface area contributed by atoms with E-state index in [2.05, 4.69) is 88.4 Å². The molecule has 2 nitrogen and oxygen atoms in total. The quantitative estimate of drug-likeness (QED) is 0.299. The molecule has 2 aliphatic carbocycles. The molecule has 1 N–H and O–H groups in total. The van der Waals surface area contributed by atoms with Crippen molar-refractivity contribution in [3.05, 3.63) is 83.4 Å². The van der Waals surface area contributed by atoms with Crippen molar-refractivity contribution >= 4 is 10.8 Å². The van der Waals surface area contributed by atoms with Crippen LogP contribution in [-0.2, 0) is 11.8 Å². The summed E-state index contributed by atoms with van der Waals surface area (Å²) in [7, 11) is 0. The Morgan fingerprint density at radius 2 is 1.44 bits per heavy atom. The van der Waals surface area contributed by atoms with Crippen molar-refractivity contribution < 1.29 is 9.84 Å². The SMILES string of the molecule is CC1(C)CC(C)(C)CC2(C1)c1ccccc1-c1c2cc(O)c2cc(-c3ccccc3)c3c(c12)CCO3. The van der Waals surface area contributed by atoms with E-state index < -0.39 is 0 Å². The van der Waals surface area contributed by atoms with Crippen molar-refractivity contribution in [2.24, 2.45) is 10.8 Å². The molecule has 1 heterocycles. The second-order valence-corrected chi connectivity index (χ2v) is 12.9. The zero-order valence-corrected chi connectivity index (χ0v) is 21.7. The Balaban J connectivity index is 1.60. The van der Waals surface area contributed by atoms with Gasteiger partial charge < -0.3 is 9.84 Å². The number of phenols is 1. The molecule has 0 aromatic heterocycles. The maximum absolute atomic E-state index is 11.7. The van der Waals surface area contributed by atoms with Crippen LogP contribution in [0.3, 0.4) is 0 Å². The van der Waals surface area contributed by atoms with Gasteiger partial charge in [0.05, 0.1) is 6.61 Å². The molecule has 7 rings (SSSR count). The first-order valence-corrected chi connectivity index (χ1v) is 13.3. The van der Waals surface area contributed by atoms with Crippen molar-refractivity contribution in [1.82, 2.24) is 0 Å². The van der Waals surface area contributed by atoms with Gasteiger partial charge in [0.2, 0.25) is 0 Å². The third-order valence-corrected chi connectivity index (χ3v) is 8.88. The Bertz CT molecular complexity index is 1530. The van der Waals surface area contributed by atoms with E-state index in [4.69, 9.17) is 4.74 Å². The molecule has 36 heavy (non-hydrogen) atoms. The van der Waals surface area contributed by atoms with E-state index in [1.165, 1.54) is 39.6 Å². The molecule has 0 radical (unpaired) electrons. The average Bonchev–Trinajstić information content (AvgIpc) is 3.40. The highest BCUT2D eigenvalue weighted by atomic mass is 16.5. The van der Waals surface area contributed by atoms with Gasteiger partial charge in [-0.25, -0.2) is 0 Å². The van der Waals surface area contributed by atoms with E-state index in [-0.39, 0.29) is 16.2 Å². The molecular weight excluding hydrogens is 440 g/mol. The highest BCUT2D eigenvalue weighted by molar-refractivity contribution is 6.10. The lowest BCUT2D eigenvalue weighted by atomic mass is 9.52. The first kappa shape index (κ1) is 22.0. The number of fused-ring (bicyclic) bond motifs is 9. The van der Waals surface area contributed by atoms with Gasteiger partial charge in [-0.3, -0.25) is 0 Å². The van der Waals surface area contributed by atoms with Crippen LogP contribution in [-0.4, -0.2) is 11.7 Å². The third-order valence-electron chi connectivity index (χ3n) is 8.88. The number of ether oxygens (including phenoxy) is 1.